The summed E-state index contributed by atoms with van der Waals surface area (Å²) in [5.41, 5.74) is 1.19. The van der Waals surface area contributed by atoms with E-state index in [4.69, 9.17) is 14.2 Å². The van der Waals surface area contributed by atoms with Crippen molar-refractivity contribution in [2.75, 3.05) is 13.4 Å². The van der Waals surface area contributed by atoms with Crippen molar-refractivity contribution in [3.8, 4) is 11.5 Å². The van der Waals surface area contributed by atoms with Crippen LogP contribution in [-0.2, 0) is 16.1 Å². The van der Waals surface area contributed by atoms with Crippen LogP contribution in [0.15, 0.2) is 18.2 Å². The van der Waals surface area contributed by atoms with E-state index in [1.807, 2.05) is 19.1 Å². The van der Waals surface area contributed by atoms with Crippen molar-refractivity contribution in [3.05, 3.63) is 23.8 Å². The van der Waals surface area contributed by atoms with Gasteiger partial charge in [-0.25, -0.2) is 0 Å². The lowest BCUT2D eigenvalue weighted by Gasteiger charge is -2.28. The number of hydrogen-bond acceptors (Lipinski definition) is 5. The van der Waals surface area contributed by atoms with Gasteiger partial charge in [0, 0.05) is 12.6 Å². The first-order valence-electron chi connectivity index (χ1n) is 8.05. The fourth-order valence-corrected chi connectivity index (χ4v) is 3.11. The third-order valence-corrected chi connectivity index (χ3v) is 4.38. The molecule has 5 nitrogen and oxygen atoms in total. The molecule has 1 fully saturated rings. The van der Waals surface area contributed by atoms with Gasteiger partial charge in [-0.05, 0) is 50.3 Å². The smallest absolute Gasteiger partial charge is 0.308 e. The van der Waals surface area contributed by atoms with Crippen molar-refractivity contribution < 1.29 is 19.0 Å². The molecular weight excluding hydrogens is 282 g/mol. The number of esters is 1. The Kier molecular flexibility index (Phi) is 4.83. The molecule has 2 aliphatic rings. The zero-order valence-electron chi connectivity index (χ0n) is 13.0. The molecule has 0 amide bonds. The summed E-state index contributed by atoms with van der Waals surface area (Å²) in [5.74, 6) is 1.70. The van der Waals surface area contributed by atoms with Crippen LogP contribution in [0.1, 0.15) is 38.2 Å². The van der Waals surface area contributed by atoms with Crippen LogP contribution in [0.3, 0.4) is 0 Å². The summed E-state index contributed by atoms with van der Waals surface area (Å²) in [7, 11) is 0. The van der Waals surface area contributed by atoms with Gasteiger partial charge in [0.25, 0.3) is 0 Å². The fraction of sp³-hybridized carbons (Fsp3) is 0.588. The van der Waals surface area contributed by atoms with Crippen LogP contribution in [0.25, 0.3) is 0 Å². The molecule has 1 aliphatic carbocycles. The Morgan fingerprint density at radius 2 is 2.00 bits per heavy atom. The van der Waals surface area contributed by atoms with Gasteiger partial charge in [-0.1, -0.05) is 6.07 Å². The summed E-state index contributed by atoms with van der Waals surface area (Å²) in [5, 5.41) is 3.57. The topological polar surface area (TPSA) is 56.8 Å². The van der Waals surface area contributed by atoms with Gasteiger partial charge in [0.05, 0.1) is 12.5 Å². The lowest BCUT2D eigenvalue weighted by atomic mass is 9.86. The van der Waals surface area contributed by atoms with E-state index in [2.05, 4.69) is 11.4 Å². The molecule has 0 radical (unpaired) electrons. The first-order chi connectivity index (χ1) is 10.8. The Morgan fingerprint density at radius 3 is 2.77 bits per heavy atom. The molecule has 1 aliphatic heterocycles. The number of carbonyl (C=O) groups is 1. The van der Waals surface area contributed by atoms with Crippen LogP contribution in [0.5, 0.6) is 11.5 Å². The third-order valence-electron chi connectivity index (χ3n) is 4.38. The summed E-state index contributed by atoms with van der Waals surface area (Å²) < 4.78 is 15.8. The van der Waals surface area contributed by atoms with Crippen LogP contribution < -0.4 is 14.8 Å². The lowest BCUT2D eigenvalue weighted by molar-refractivity contribution is -0.149. The molecule has 1 aromatic rings. The van der Waals surface area contributed by atoms with Gasteiger partial charge >= 0.3 is 5.97 Å². The summed E-state index contributed by atoms with van der Waals surface area (Å²) in [4.78, 5) is 11.7. The second kappa shape index (κ2) is 7.01. The van der Waals surface area contributed by atoms with Crippen LogP contribution in [0.2, 0.25) is 0 Å². The Bertz CT molecular complexity index is 523. The maximum Gasteiger partial charge on any atom is 0.308 e. The molecule has 0 saturated heterocycles. The summed E-state index contributed by atoms with van der Waals surface area (Å²) in [6.45, 7) is 3.45. The molecule has 1 aromatic carbocycles. The predicted octanol–water partition coefficient (Wildman–Crippen LogP) is 2.63. The largest absolute Gasteiger partial charge is 0.466 e. The molecule has 1 heterocycles. The van der Waals surface area contributed by atoms with Crippen molar-refractivity contribution in [1.82, 2.24) is 5.32 Å². The van der Waals surface area contributed by atoms with Crippen molar-refractivity contribution in [3.63, 3.8) is 0 Å². The minimum Gasteiger partial charge on any atom is -0.466 e. The number of carbonyl (C=O) groups excluding carboxylic acids is 1. The molecule has 0 unspecified atom stereocenters. The van der Waals surface area contributed by atoms with Crippen molar-refractivity contribution >= 4 is 5.97 Å². The molecule has 0 spiro atoms. The molecular formula is C17H23NO4. The van der Waals surface area contributed by atoms with Gasteiger partial charge in [-0.15, -0.1) is 0 Å². The second-order valence-electron chi connectivity index (χ2n) is 5.87. The van der Waals surface area contributed by atoms with Gasteiger partial charge in [-0.2, -0.15) is 0 Å². The highest BCUT2D eigenvalue weighted by Gasteiger charge is 2.27. The molecule has 22 heavy (non-hydrogen) atoms. The maximum absolute atomic E-state index is 11.7. The van der Waals surface area contributed by atoms with Gasteiger partial charge in [0.1, 0.15) is 0 Å². The molecule has 1 saturated carbocycles. The Labute approximate surface area is 130 Å². The molecule has 5 heteroatoms. The number of fused-ring (bicyclic) bond motifs is 1. The van der Waals surface area contributed by atoms with Crippen LogP contribution in [-0.4, -0.2) is 25.4 Å². The first-order valence-corrected chi connectivity index (χ1v) is 8.05. The molecule has 0 atom stereocenters. The minimum absolute atomic E-state index is 0.0308. The van der Waals surface area contributed by atoms with Gasteiger partial charge < -0.3 is 19.5 Å². The number of benzene rings is 1. The summed E-state index contributed by atoms with van der Waals surface area (Å²) >= 11 is 0. The zero-order chi connectivity index (χ0) is 15.4. The number of rotatable bonds is 5. The van der Waals surface area contributed by atoms with Crippen molar-refractivity contribution in [1.29, 1.82) is 0 Å². The van der Waals surface area contributed by atoms with Gasteiger partial charge in [-0.3, -0.25) is 4.79 Å². The van der Waals surface area contributed by atoms with Crippen LogP contribution in [0, 0.1) is 5.92 Å². The highest BCUT2D eigenvalue weighted by Crippen LogP contribution is 2.32. The highest BCUT2D eigenvalue weighted by molar-refractivity contribution is 5.72. The van der Waals surface area contributed by atoms with Crippen LogP contribution >= 0.6 is 0 Å². The predicted molar refractivity (Wildman–Crippen MR) is 81.8 cm³/mol. The van der Waals surface area contributed by atoms with E-state index >= 15 is 0 Å². The van der Waals surface area contributed by atoms with E-state index in [9.17, 15) is 4.79 Å². The average molecular weight is 305 g/mol. The van der Waals surface area contributed by atoms with Crippen molar-refractivity contribution in [2.24, 2.45) is 5.92 Å². The lowest BCUT2D eigenvalue weighted by Crippen LogP contribution is -2.35. The van der Waals surface area contributed by atoms with E-state index in [1.54, 1.807) is 0 Å². The Hall–Kier alpha value is -1.75. The summed E-state index contributed by atoms with van der Waals surface area (Å²) in [6, 6.07) is 6.51. The van der Waals surface area contributed by atoms with E-state index in [0.717, 1.165) is 43.7 Å². The Morgan fingerprint density at radius 1 is 1.23 bits per heavy atom. The molecule has 1 N–H and O–H groups in total. The van der Waals surface area contributed by atoms with Gasteiger partial charge in [0.2, 0.25) is 6.79 Å². The maximum atomic E-state index is 11.7. The number of hydrogen-bond donors (Lipinski definition) is 1. The molecule has 3 rings (SSSR count). The Balaban J connectivity index is 1.44. The van der Waals surface area contributed by atoms with E-state index in [1.165, 1.54) is 5.56 Å². The molecule has 0 bridgehead atoms. The zero-order valence-corrected chi connectivity index (χ0v) is 13.0. The first kappa shape index (κ1) is 15.2. The number of nitrogens with one attached hydrogen (secondary N) is 1. The SMILES string of the molecule is CCOC(=O)C1CCC(NCc2ccc3c(c2)OCO3)CC1. The van der Waals surface area contributed by atoms with E-state index in [-0.39, 0.29) is 11.9 Å². The van der Waals surface area contributed by atoms with E-state index in [0.29, 0.717) is 19.4 Å². The quantitative estimate of drug-likeness (QED) is 0.848. The summed E-state index contributed by atoms with van der Waals surface area (Å²) in [6.07, 6.45) is 3.87. The van der Waals surface area contributed by atoms with E-state index < -0.39 is 0 Å². The van der Waals surface area contributed by atoms with Crippen LogP contribution in [0.4, 0.5) is 0 Å². The normalized spacial score (nSPS) is 23.3. The third kappa shape index (κ3) is 3.53. The average Bonchev–Trinajstić information content (AvgIpc) is 3.01. The molecule has 0 aromatic heterocycles. The second-order valence-corrected chi connectivity index (χ2v) is 5.87. The molecule has 120 valence electrons. The van der Waals surface area contributed by atoms with Crippen molar-refractivity contribution in [2.45, 2.75) is 45.2 Å². The standard InChI is InChI=1S/C17H23NO4/c1-2-20-17(19)13-4-6-14(7-5-13)18-10-12-3-8-15-16(9-12)22-11-21-15/h3,8-9,13-14,18H,2,4-7,10-11H2,1H3. The minimum atomic E-state index is -0.0308. The van der Waals surface area contributed by atoms with Gasteiger partial charge in [0.15, 0.2) is 11.5 Å². The number of ether oxygens (including phenoxy) is 3. The monoisotopic (exact) mass is 305 g/mol. The fourth-order valence-electron chi connectivity index (χ4n) is 3.11. The highest BCUT2D eigenvalue weighted by atomic mass is 16.7.